The van der Waals surface area contributed by atoms with Crippen LogP contribution in [0.25, 0.3) is 6.08 Å². The monoisotopic (exact) mass is 390 g/mol. The van der Waals surface area contributed by atoms with Gasteiger partial charge < -0.3 is 9.64 Å². The zero-order valence-electron chi connectivity index (χ0n) is 15.8. The highest BCUT2D eigenvalue weighted by atomic mass is 32.1. The van der Waals surface area contributed by atoms with Gasteiger partial charge in [0.2, 0.25) is 0 Å². The average Bonchev–Trinajstić information content (AvgIpc) is 2.73. The van der Waals surface area contributed by atoms with Gasteiger partial charge in [-0.3, -0.25) is 0 Å². The third kappa shape index (κ3) is 5.05. The molecule has 3 rings (SSSR count). The molecule has 0 aromatic heterocycles. The lowest BCUT2D eigenvalue weighted by Gasteiger charge is -2.32. The van der Waals surface area contributed by atoms with Crippen LogP contribution in [0, 0.1) is 17.2 Å². The summed E-state index contributed by atoms with van der Waals surface area (Å²) in [7, 11) is 0. The number of carbonyl (C=O) groups is 1. The Balaban J connectivity index is 1.65. The first kappa shape index (κ1) is 19.8. The molecule has 4 nitrogen and oxygen atoms in total. The summed E-state index contributed by atoms with van der Waals surface area (Å²) in [4.78, 5) is 15.4. The van der Waals surface area contributed by atoms with Crippen LogP contribution in [0.4, 0.5) is 0 Å². The third-order valence-corrected chi connectivity index (χ3v) is 5.33. The number of hydrogen-bond donors (Lipinski definition) is 0. The molecule has 5 heteroatoms. The van der Waals surface area contributed by atoms with E-state index < -0.39 is 5.97 Å². The Morgan fingerprint density at radius 3 is 2.39 bits per heavy atom. The molecule has 1 fully saturated rings. The summed E-state index contributed by atoms with van der Waals surface area (Å²) in [6.45, 7) is 4.23. The molecule has 2 aromatic carbocycles. The predicted molar refractivity (Wildman–Crippen MR) is 114 cm³/mol. The molecule has 0 atom stereocenters. The number of carbonyl (C=O) groups excluding carboxylic acids is 1. The minimum absolute atomic E-state index is 0.0479. The highest BCUT2D eigenvalue weighted by Crippen LogP contribution is 2.21. The van der Waals surface area contributed by atoms with Crippen molar-refractivity contribution in [2.75, 3.05) is 13.1 Å². The van der Waals surface area contributed by atoms with E-state index in [0.717, 1.165) is 48.0 Å². The van der Waals surface area contributed by atoms with E-state index in [-0.39, 0.29) is 5.57 Å². The van der Waals surface area contributed by atoms with Gasteiger partial charge in [0.15, 0.2) is 0 Å². The summed E-state index contributed by atoms with van der Waals surface area (Å²) in [6, 6.07) is 18.2. The zero-order valence-corrected chi connectivity index (χ0v) is 16.6. The van der Waals surface area contributed by atoms with Gasteiger partial charge in [0, 0.05) is 18.7 Å². The number of esters is 1. The number of hydrogen-bond acceptors (Lipinski definition) is 4. The molecule has 1 heterocycles. The van der Waals surface area contributed by atoms with Gasteiger partial charge >= 0.3 is 5.97 Å². The van der Waals surface area contributed by atoms with E-state index in [1.54, 1.807) is 12.1 Å². The van der Waals surface area contributed by atoms with Gasteiger partial charge in [-0.15, -0.1) is 0 Å². The minimum Gasteiger partial charge on any atom is -0.422 e. The molecule has 1 aliphatic rings. The first-order valence-electron chi connectivity index (χ1n) is 9.35. The second kappa shape index (κ2) is 9.29. The van der Waals surface area contributed by atoms with Crippen molar-refractivity contribution in [1.82, 2.24) is 4.90 Å². The summed E-state index contributed by atoms with van der Waals surface area (Å²) >= 11 is 5.61. The normalized spacial score (nSPS) is 15.0. The second-order valence-corrected chi connectivity index (χ2v) is 7.36. The maximum absolute atomic E-state index is 12.3. The number of thiocarbonyl (C=S) groups is 1. The lowest BCUT2D eigenvalue weighted by atomic mass is 9.99. The molecular formula is C23H22N2O2S. The van der Waals surface area contributed by atoms with Crippen molar-refractivity contribution < 1.29 is 9.53 Å². The maximum Gasteiger partial charge on any atom is 0.354 e. The van der Waals surface area contributed by atoms with Crippen molar-refractivity contribution in [3.63, 3.8) is 0 Å². The molecule has 142 valence electrons. The van der Waals surface area contributed by atoms with Crippen LogP contribution in [0.15, 0.2) is 60.2 Å². The van der Waals surface area contributed by atoms with Crippen LogP contribution in [0.1, 0.15) is 30.9 Å². The molecule has 0 amide bonds. The highest BCUT2D eigenvalue weighted by Gasteiger charge is 2.19. The lowest BCUT2D eigenvalue weighted by Crippen LogP contribution is -2.37. The predicted octanol–water partition coefficient (Wildman–Crippen LogP) is 4.61. The van der Waals surface area contributed by atoms with Crippen LogP contribution in [0.2, 0.25) is 0 Å². The molecule has 0 saturated carbocycles. The van der Waals surface area contributed by atoms with Gasteiger partial charge in [-0.1, -0.05) is 49.5 Å². The average molecular weight is 391 g/mol. The molecule has 2 aromatic rings. The highest BCUT2D eigenvalue weighted by molar-refractivity contribution is 7.80. The van der Waals surface area contributed by atoms with Crippen molar-refractivity contribution in [2.24, 2.45) is 5.92 Å². The molecule has 0 aliphatic carbocycles. The van der Waals surface area contributed by atoms with Crippen molar-refractivity contribution in [3.05, 3.63) is 71.3 Å². The van der Waals surface area contributed by atoms with E-state index >= 15 is 0 Å². The molecule has 28 heavy (non-hydrogen) atoms. The smallest absolute Gasteiger partial charge is 0.354 e. The van der Waals surface area contributed by atoms with Crippen LogP contribution < -0.4 is 4.74 Å². The lowest BCUT2D eigenvalue weighted by molar-refractivity contribution is -0.129. The van der Waals surface area contributed by atoms with Crippen molar-refractivity contribution in [1.29, 1.82) is 5.26 Å². The van der Waals surface area contributed by atoms with Gasteiger partial charge in [-0.2, -0.15) is 5.26 Å². The molecule has 0 unspecified atom stereocenters. The first-order chi connectivity index (χ1) is 13.6. The van der Waals surface area contributed by atoms with Crippen LogP contribution >= 0.6 is 12.2 Å². The zero-order chi connectivity index (χ0) is 19.9. The van der Waals surface area contributed by atoms with E-state index in [2.05, 4.69) is 11.8 Å². The first-order valence-corrected chi connectivity index (χ1v) is 9.76. The van der Waals surface area contributed by atoms with Crippen LogP contribution in [0.3, 0.4) is 0 Å². The number of piperidine rings is 1. The SMILES string of the molecule is CC1CCN(C(=S)c2ccc(OC(=O)/C(C#N)=C/c3ccccc3)cc2)CC1. The Morgan fingerprint density at radius 2 is 1.79 bits per heavy atom. The number of rotatable bonds is 4. The van der Waals surface area contributed by atoms with Crippen molar-refractivity contribution >= 4 is 29.3 Å². The number of likely N-dealkylation sites (tertiary alicyclic amines) is 1. The fraction of sp³-hybridized carbons (Fsp3) is 0.261. The third-order valence-electron chi connectivity index (χ3n) is 4.83. The minimum atomic E-state index is -0.674. The van der Waals surface area contributed by atoms with Gasteiger partial charge in [0.25, 0.3) is 0 Å². The number of ether oxygens (including phenoxy) is 1. The fourth-order valence-electron chi connectivity index (χ4n) is 3.07. The van der Waals surface area contributed by atoms with E-state index in [0.29, 0.717) is 5.75 Å². The van der Waals surface area contributed by atoms with Crippen LogP contribution in [-0.4, -0.2) is 28.9 Å². The summed E-state index contributed by atoms with van der Waals surface area (Å²) in [6.07, 6.45) is 3.82. The molecule has 0 radical (unpaired) electrons. The Hall–Kier alpha value is -2.97. The Kier molecular flexibility index (Phi) is 6.57. The standard InChI is InChI=1S/C23H22N2O2S/c1-17-11-13-25(14-12-17)22(28)19-7-9-21(10-8-19)27-23(26)20(16-24)15-18-5-3-2-4-6-18/h2-10,15,17H,11-14H2,1H3/b20-15+. The van der Waals surface area contributed by atoms with Gasteiger partial charge in [-0.05, 0) is 54.7 Å². The van der Waals surface area contributed by atoms with E-state index in [9.17, 15) is 10.1 Å². The summed E-state index contributed by atoms with van der Waals surface area (Å²) in [5.74, 6) is 0.462. The van der Waals surface area contributed by atoms with Crippen LogP contribution in [-0.2, 0) is 4.79 Å². The van der Waals surface area contributed by atoms with E-state index in [4.69, 9.17) is 17.0 Å². The molecule has 1 aliphatic heterocycles. The van der Waals surface area contributed by atoms with Crippen LogP contribution in [0.5, 0.6) is 5.75 Å². The molecule has 0 spiro atoms. The van der Waals surface area contributed by atoms with E-state index in [1.807, 2.05) is 48.5 Å². The van der Waals surface area contributed by atoms with Crippen molar-refractivity contribution in [2.45, 2.75) is 19.8 Å². The van der Waals surface area contributed by atoms with Crippen molar-refractivity contribution in [3.8, 4) is 11.8 Å². The van der Waals surface area contributed by atoms with Gasteiger partial charge in [0.05, 0.1) is 0 Å². The number of nitriles is 1. The summed E-state index contributed by atoms with van der Waals surface area (Å²) in [5.41, 5.74) is 1.66. The molecule has 0 N–H and O–H groups in total. The maximum atomic E-state index is 12.3. The Morgan fingerprint density at radius 1 is 1.14 bits per heavy atom. The number of benzene rings is 2. The number of nitrogens with zero attached hydrogens (tertiary/aromatic N) is 2. The Labute approximate surface area is 171 Å². The summed E-state index contributed by atoms with van der Waals surface area (Å²) < 4.78 is 5.35. The van der Waals surface area contributed by atoms with E-state index in [1.165, 1.54) is 6.08 Å². The molecule has 0 bridgehead atoms. The fourth-order valence-corrected chi connectivity index (χ4v) is 3.39. The summed E-state index contributed by atoms with van der Waals surface area (Å²) in [5, 5.41) is 9.27. The quantitative estimate of drug-likeness (QED) is 0.251. The molecular weight excluding hydrogens is 368 g/mol. The van der Waals surface area contributed by atoms with Gasteiger partial charge in [0.1, 0.15) is 22.4 Å². The largest absolute Gasteiger partial charge is 0.422 e. The Bertz CT molecular complexity index is 906. The second-order valence-electron chi connectivity index (χ2n) is 6.97. The molecule has 1 saturated heterocycles. The topological polar surface area (TPSA) is 53.3 Å². The van der Waals surface area contributed by atoms with Gasteiger partial charge in [-0.25, -0.2) is 4.79 Å².